The summed E-state index contributed by atoms with van der Waals surface area (Å²) in [4.78, 5) is 73.5. The summed E-state index contributed by atoms with van der Waals surface area (Å²) in [5.41, 5.74) is 3.22. The minimum absolute atomic E-state index is 0.0125. The minimum atomic E-state index is -2.06. The number of rotatable bonds is 15. The Morgan fingerprint density at radius 2 is 1.56 bits per heavy atom. The van der Waals surface area contributed by atoms with E-state index in [2.05, 4.69) is 59.5 Å². The Morgan fingerprint density at radius 3 is 2.15 bits per heavy atom. The summed E-state index contributed by atoms with van der Waals surface area (Å²) in [6, 6.07) is 10.6. The zero-order valence-corrected chi connectivity index (χ0v) is 42.3. The van der Waals surface area contributed by atoms with Crippen molar-refractivity contribution < 1.29 is 37.8 Å². The van der Waals surface area contributed by atoms with E-state index in [4.69, 9.17) is 35.2 Å². The second-order valence-corrected chi connectivity index (χ2v) is 25.1. The fourth-order valence-electron chi connectivity index (χ4n) is 6.71. The molecule has 1 aromatic carbocycles. The van der Waals surface area contributed by atoms with E-state index < -0.39 is 37.6 Å². The number of hydrogen-bond acceptors (Lipinski definition) is 12. The van der Waals surface area contributed by atoms with Gasteiger partial charge < -0.3 is 34.2 Å². The summed E-state index contributed by atoms with van der Waals surface area (Å²) in [6.07, 6.45) is 4.48. The molecule has 1 aliphatic heterocycles. The molecule has 356 valence electrons. The van der Waals surface area contributed by atoms with Gasteiger partial charge >= 0.3 is 12.2 Å². The standard InChI is InChI=1S/C48H65ClN8O8Si/c1-30-34(15-14-16-36(30)54-42(59)38-26-51-33(25-52-38)29-56(44(60)64-46(2,3)4)23-24-63-66(12,13)48(8,9)10)41-40(49)35(21-22-50-41)37-19-17-31(43(55-37)62-11)27-57(45(61)65-47(5,6)7)28-32-18-20-39(58)53-32/h14-17,19,21-22,25-26,32H,18,20,23-24,27-29H2,1-13H3,(H,53,58)(H,54,59)/t32-/m0/s1. The highest BCUT2D eigenvalue weighted by atomic mass is 35.5. The van der Waals surface area contributed by atoms with Crippen LogP contribution in [-0.4, -0.2) is 106 Å². The molecular weight excluding hydrogens is 880 g/mol. The number of carbonyl (C=O) groups excluding carboxylic acids is 4. The third-order valence-corrected chi connectivity index (χ3v) is 16.2. The number of ether oxygens (including phenoxy) is 3. The van der Waals surface area contributed by atoms with Gasteiger partial charge in [-0.05, 0) is 103 Å². The number of methoxy groups -OCH3 is 1. The van der Waals surface area contributed by atoms with E-state index in [-0.39, 0.29) is 48.2 Å². The fraction of sp³-hybridized carbons (Fsp3) is 0.500. The van der Waals surface area contributed by atoms with Gasteiger partial charge in [-0.15, -0.1) is 0 Å². The lowest BCUT2D eigenvalue weighted by Gasteiger charge is -2.37. The Balaban J connectivity index is 1.32. The SMILES string of the molecule is COc1nc(-c2ccnc(-c3cccc(NC(=O)c4cnc(CN(CCO[Si](C)(C)C(C)(C)C)C(=O)OC(C)(C)C)cn4)c3C)c2Cl)ccc1CN(C[C@@H]1CCC(=O)N1)C(=O)OC(C)(C)C. The molecule has 4 amide bonds. The number of hydrogen-bond donors (Lipinski definition) is 2. The average Bonchev–Trinajstić information content (AvgIpc) is 3.63. The maximum atomic E-state index is 13.6. The van der Waals surface area contributed by atoms with Crippen molar-refractivity contribution in [2.45, 2.75) is 131 Å². The Morgan fingerprint density at radius 1 is 0.879 bits per heavy atom. The maximum absolute atomic E-state index is 13.6. The lowest BCUT2D eigenvalue weighted by molar-refractivity contribution is -0.119. The second kappa shape index (κ2) is 20.9. The van der Waals surface area contributed by atoms with Gasteiger partial charge in [0.2, 0.25) is 11.8 Å². The van der Waals surface area contributed by atoms with E-state index in [1.807, 2.05) is 39.8 Å². The second-order valence-electron chi connectivity index (χ2n) is 19.9. The van der Waals surface area contributed by atoms with Crippen LogP contribution in [0.15, 0.2) is 55.0 Å². The van der Waals surface area contributed by atoms with Crippen LogP contribution in [0.25, 0.3) is 22.5 Å². The van der Waals surface area contributed by atoms with Crippen molar-refractivity contribution in [2.24, 2.45) is 0 Å². The van der Waals surface area contributed by atoms with Crippen LogP contribution >= 0.6 is 11.6 Å². The van der Waals surface area contributed by atoms with Gasteiger partial charge in [0.15, 0.2) is 8.32 Å². The number of amides is 4. The van der Waals surface area contributed by atoms with Crippen molar-refractivity contribution in [1.82, 2.24) is 35.1 Å². The normalized spacial score (nSPS) is 14.3. The number of pyridine rings is 2. The van der Waals surface area contributed by atoms with Gasteiger partial charge in [0.25, 0.3) is 5.91 Å². The zero-order valence-electron chi connectivity index (χ0n) is 40.6. The molecule has 0 saturated carbocycles. The van der Waals surface area contributed by atoms with Gasteiger partial charge in [-0.1, -0.05) is 44.5 Å². The Labute approximate surface area is 394 Å². The third-order valence-electron chi connectivity index (χ3n) is 11.2. The molecule has 1 aliphatic rings. The molecule has 66 heavy (non-hydrogen) atoms. The monoisotopic (exact) mass is 944 g/mol. The van der Waals surface area contributed by atoms with Crippen molar-refractivity contribution >= 4 is 49.6 Å². The lowest BCUT2D eigenvalue weighted by atomic mass is 10.0. The lowest BCUT2D eigenvalue weighted by Crippen LogP contribution is -2.44. The van der Waals surface area contributed by atoms with Crippen molar-refractivity contribution in [2.75, 3.05) is 32.1 Å². The summed E-state index contributed by atoms with van der Waals surface area (Å²) in [5, 5.41) is 6.21. The van der Waals surface area contributed by atoms with Crippen LogP contribution in [0.2, 0.25) is 23.2 Å². The first-order valence-corrected chi connectivity index (χ1v) is 25.3. The summed E-state index contributed by atoms with van der Waals surface area (Å²) < 4.78 is 23.5. The van der Waals surface area contributed by atoms with Crippen LogP contribution in [0, 0.1) is 6.92 Å². The van der Waals surface area contributed by atoms with Crippen LogP contribution in [-0.2, 0) is 31.8 Å². The molecular formula is C48H65ClN8O8Si. The highest BCUT2D eigenvalue weighted by Crippen LogP contribution is 2.39. The highest BCUT2D eigenvalue weighted by molar-refractivity contribution is 6.74. The molecule has 0 aliphatic carbocycles. The quantitative estimate of drug-likeness (QED) is 0.108. The van der Waals surface area contributed by atoms with E-state index in [0.29, 0.717) is 76.0 Å². The van der Waals surface area contributed by atoms with E-state index in [1.54, 1.807) is 56.1 Å². The molecule has 18 heteroatoms. The van der Waals surface area contributed by atoms with Gasteiger partial charge in [0, 0.05) is 54.1 Å². The maximum Gasteiger partial charge on any atom is 0.410 e. The van der Waals surface area contributed by atoms with Crippen LogP contribution in [0.1, 0.15) is 102 Å². The molecule has 1 fully saturated rings. The van der Waals surface area contributed by atoms with Crippen LogP contribution < -0.4 is 15.4 Å². The number of nitrogens with zero attached hydrogens (tertiary/aromatic N) is 6. The summed E-state index contributed by atoms with van der Waals surface area (Å²) in [6.45, 7) is 24.6. The minimum Gasteiger partial charge on any atom is -0.481 e. The van der Waals surface area contributed by atoms with Gasteiger partial charge in [-0.25, -0.2) is 19.6 Å². The Kier molecular flexibility index (Phi) is 16.2. The molecule has 3 aromatic heterocycles. The number of halogens is 1. The smallest absolute Gasteiger partial charge is 0.410 e. The molecule has 1 atom stereocenters. The predicted octanol–water partition coefficient (Wildman–Crippen LogP) is 9.60. The summed E-state index contributed by atoms with van der Waals surface area (Å²) in [7, 11) is -0.554. The molecule has 5 rings (SSSR count). The van der Waals surface area contributed by atoms with Crippen molar-refractivity contribution in [1.29, 1.82) is 0 Å². The first-order chi connectivity index (χ1) is 30.7. The van der Waals surface area contributed by atoms with Crippen molar-refractivity contribution in [3.8, 4) is 28.4 Å². The van der Waals surface area contributed by atoms with E-state index in [1.165, 1.54) is 24.4 Å². The molecule has 4 aromatic rings. The topological polar surface area (TPSA) is 187 Å². The molecule has 0 bridgehead atoms. The predicted molar refractivity (Wildman–Crippen MR) is 257 cm³/mol. The fourth-order valence-corrected chi connectivity index (χ4v) is 8.06. The molecule has 2 N–H and O–H groups in total. The van der Waals surface area contributed by atoms with Gasteiger partial charge in [-0.3, -0.25) is 24.5 Å². The van der Waals surface area contributed by atoms with E-state index >= 15 is 0 Å². The Hall–Kier alpha value is -5.65. The molecule has 4 heterocycles. The first kappa shape index (κ1) is 51.3. The van der Waals surface area contributed by atoms with Gasteiger partial charge in [0.1, 0.15) is 16.9 Å². The van der Waals surface area contributed by atoms with Gasteiger partial charge in [0.05, 0.1) is 61.3 Å². The van der Waals surface area contributed by atoms with E-state index in [9.17, 15) is 19.2 Å². The summed E-state index contributed by atoms with van der Waals surface area (Å²) >= 11 is 7.11. The van der Waals surface area contributed by atoms with Crippen LogP contribution in [0.3, 0.4) is 0 Å². The molecule has 16 nitrogen and oxygen atoms in total. The van der Waals surface area contributed by atoms with Crippen LogP contribution in [0.4, 0.5) is 15.3 Å². The molecule has 0 spiro atoms. The molecule has 0 unspecified atom stereocenters. The number of anilines is 1. The third kappa shape index (κ3) is 13.7. The summed E-state index contributed by atoms with van der Waals surface area (Å²) in [5.74, 6) is -0.246. The van der Waals surface area contributed by atoms with Crippen molar-refractivity contribution in [3.05, 3.63) is 82.5 Å². The van der Waals surface area contributed by atoms with E-state index in [0.717, 1.165) is 0 Å². The molecule has 1 saturated heterocycles. The number of nitrogens with one attached hydrogen (secondary N) is 2. The largest absolute Gasteiger partial charge is 0.481 e. The number of benzene rings is 1. The average molecular weight is 946 g/mol. The zero-order chi connectivity index (χ0) is 48.8. The van der Waals surface area contributed by atoms with Crippen molar-refractivity contribution in [3.63, 3.8) is 0 Å². The number of carbonyl (C=O) groups is 4. The number of aromatic nitrogens is 4. The van der Waals surface area contributed by atoms with Gasteiger partial charge in [-0.2, -0.15) is 0 Å². The highest BCUT2D eigenvalue weighted by Gasteiger charge is 2.37. The molecule has 0 radical (unpaired) electrons. The first-order valence-electron chi connectivity index (χ1n) is 22.1. The Bertz CT molecular complexity index is 2400. The van der Waals surface area contributed by atoms with Crippen LogP contribution in [0.5, 0.6) is 5.88 Å².